The molecule has 0 bridgehead atoms. The fourth-order valence-corrected chi connectivity index (χ4v) is 2.80. The largest absolute Gasteiger partial charge is 0.304 e. The highest BCUT2D eigenvalue weighted by Crippen LogP contribution is 2.22. The predicted molar refractivity (Wildman–Crippen MR) is 82.2 cm³/mol. The summed E-state index contributed by atoms with van der Waals surface area (Å²) in [5.74, 6) is -0.211. The first-order chi connectivity index (χ1) is 10.1. The van der Waals surface area contributed by atoms with E-state index in [9.17, 15) is 9.18 Å². The van der Waals surface area contributed by atoms with Crippen LogP contribution in [-0.2, 0) is 0 Å². The van der Waals surface area contributed by atoms with E-state index in [0.29, 0.717) is 22.9 Å². The molecule has 2 aromatic rings. The molecule has 0 radical (unpaired) electrons. The molecular formula is C17H19FN2O. The van der Waals surface area contributed by atoms with E-state index in [-0.39, 0.29) is 11.6 Å². The molecule has 3 nitrogen and oxygen atoms in total. The number of piperazine rings is 1. The number of halogens is 1. The molecule has 0 spiro atoms. The highest BCUT2D eigenvalue weighted by atomic mass is 19.1. The first-order valence-electron chi connectivity index (χ1n) is 7.26. The quantitative estimate of drug-likeness (QED) is 0.810. The molecule has 0 saturated carbocycles. The summed E-state index contributed by atoms with van der Waals surface area (Å²) in [7, 11) is 2.09. The Kier molecular flexibility index (Phi) is 3.99. The summed E-state index contributed by atoms with van der Waals surface area (Å²) in [6.45, 7) is 4.18. The van der Waals surface area contributed by atoms with Crippen LogP contribution in [-0.4, -0.2) is 55.4 Å². The van der Waals surface area contributed by atoms with Crippen molar-refractivity contribution < 1.29 is 9.18 Å². The first-order valence-corrected chi connectivity index (χ1v) is 7.26. The maximum absolute atomic E-state index is 13.8. The van der Waals surface area contributed by atoms with Crippen LogP contribution < -0.4 is 0 Å². The van der Waals surface area contributed by atoms with Gasteiger partial charge in [0.05, 0.1) is 6.54 Å². The number of fused-ring (bicyclic) bond motifs is 1. The van der Waals surface area contributed by atoms with Crippen molar-refractivity contribution in [1.29, 1.82) is 0 Å². The van der Waals surface area contributed by atoms with Gasteiger partial charge < -0.3 is 4.90 Å². The van der Waals surface area contributed by atoms with Gasteiger partial charge in [-0.1, -0.05) is 24.3 Å². The van der Waals surface area contributed by atoms with Gasteiger partial charge in [-0.25, -0.2) is 4.39 Å². The Morgan fingerprint density at radius 3 is 2.43 bits per heavy atom. The minimum Gasteiger partial charge on any atom is -0.304 e. The molecule has 0 N–H and O–H groups in total. The van der Waals surface area contributed by atoms with Crippen molar-refractivity contribution in [2.45, 2.75) is 0 Å². The van der Waals surface area contributed by atoms with Crippen LogP contribution in [0.3, 0.4) is 0 Å². The van der Waals surface area contributed by atoms with Crippen molar-refractivity contribution in [2.75, 3.05) is 39.8 Å². The summed E-state index contributed by atoms with van der Waals surface area (Å²) in [4.78, 5) is 17.0. The molecule has 1 aliphatic heterocycles. The Hall–Kier alpha value is -1.78. The monoisotopic (exact) mass is 286 g/mol. The standard InChI is InChI=1S/C17H19FN2O/c1-19-8-10-20(11-9-19)12-17(21)15-6-7-16(18)14-5-3-2-4-13(14)15/h2-7H,8-12H2,1H3. The van der Waals surface area contributed by atoms with E-state index < -0.39 is 0 Å². The zero-order valence-electron chi connectivity index (χ0n) is 12.2. The van der Waals surface area contributed by atoms with Gasteiger partial charge in [0.25, 0.3) is 0 Å². The molecule has 1 fully saturated rings. The molecule has 110 valence electrons. The fraction of sp³-hybridized carbons (Fsp3) is 0.353. The normalized spacial score (nSPS) is 17.2. The number of carbonyl (C=O) groups excluding carboxylic acids is 1. The molecule has 0 amide bonds. The second-order valence-corrected chi connectivity index (χ2v) is 5.64. The zero-order valence-corrected chi connectivity index (χ0v) is 12.2. The van der Waals surface area contributed by atoms with Crippen molar-refractivity contribution in [3.63, 3.8) is 0 Å². The van der Waals surface area contributed by atoms with E-state index in [0.717, 1.165) is 26.2 Å². The highest BCUT2D eigenvalue weighted by molar-refractivity contribution is 6.09. The van der Waals surface area contributed by atoms with Crippen molar-refractivity contribution in [3.8, 4) is 0 Å². The molecule has 0 aliphatic carbocycles. The Bertz CT molecular complexity index is 663. The summed E-state index contributed by atoms with van der Waals surface area (Å²) >= 11 is 0. The number of ketones is 1. The predicted octanol–water partition coefficient (Wildman–Crippen LogP) is 2.41. The lowest BCUT2D eigenvalue weighted by Crippen LogP contribution is -2.46. The number of likely N-dealkylation sites (N-methyl/N-ethyl adjacent to an activating group) is 1. The van der Waals surface area contributed by atoms with E-state index in [2.05, 4.69) is 16.8 Å². The summed E-state index contributed by atoms with van der Waals surface area (Å²) in [5.41, 5.74) is 0.617. The number of rotatable bonds is 3. The van der Waals surface area contributed by atoms with Crippen molar-refractivity contribution in [3.05, 3.63) is 47.8 Å². The summed E-state index contributed by atoms with van der Waals surface area (Å²) in [6, 6.07) is 10.2. The molecule has 1 heterocycles. The topological polar surface area (TPSA) is 23.6 Å². The third-order valence-corrected chi connectivity index (χ3v) is 4.13. The average molecular weight is 286 g/mol. The van der Waals surface area contributed by atoms with Gasteiger partial charge in [0.1, 0.15) is 5.82 Å². The van der Waals surface area contributed by atoms with Gasteiger partial charge in [0.15, 0.2) is 5.78 Å². The van der Waals surface area contributed by atoms with E-state index >= 15 is 0 Å². The van der Waals surface area contributed by atoms with Crippen LogP contribution in [0, 0.1) is 5.82 Å². The number of hydrogen-bond acceptors (Lipinski definition) is 3. The molecule has 1 saturated heterocycles. The van der Waals surface area contributed by atoms with E-state index in [1.807, 2.05) is 12.1 Å². The molecule has 0 unspecified atom stereocenters. The van der Waals surface area contributed by atoms with Crippen LogP contribution in [0.4, 0.5) is 4.39 Å². The van der Waals surface area contributed by atoms with Crippen LogP contribution in [0.5, 0.6) is 0 Å². The smallest absolute Gasteiger partial charge is 0.177 e. The SMILES string of the molecule is CN1CCN(CC(=O)c2ccc(F)c3ccccc23)CC1. The number of benzene rings is 2. The van der Waals surface area contributed by atoms with Gasteiger partial charge in [-0.15, -0.1) is 0 Å². The van der Waals surface area contributed by atoms with Crippen molar-refractivity contribution >= 4 is 16.6 Å². The minimum absolute atomic E-state index is 0.0655. The lowest BCUT2D eigenvalue weighted by atomic mass is 10.0. The minimum atomic E-state index is -0.276. The third-order valence-electron chi connectivity index (χ3n) is 4.13. The van der Waals surface area contributed by atoms with Gasteiger partial charge in [-0.05, 0) is 24.6 Å². The number of nitrogens with zero attached hydrogens (tertiary/aromatic N) is 2. The zero-order chi connectivity index (χ0) is 14.8. The Morgan fingerprint density at radius 1 is 1.05 bits per heavy atom. The molecule has 2 aromatic carbocycles. The van der Waals surface area contributed by atoms with Crippen LogP contribution in [0.2, 0.25) is 0 Å². The first kappa shape index (κ1) is 14.2. The molecule has 21 heavy (non-hydrogen) atoms. The molecule has 0 aromatic heterocycles. The second kappa shape index (κ2) is 5.92. The molecule has 0 atom stereocenters. The highest BCUT2D eigenvalue weighted by Gasteiger charge is 2.19. The Labute approximate surface area is 124 Å². The third kappa shape index (κ3) is 2.96. The number of hydrogen-bond donors (Lipinski definition) is 0. The maximum Gasteiger partial charge on any atom is 0.177 e. The van der Waals surface area contributed by atoms with Gasteiger partial charge in [-0.3, -0.25) is 9.69 Å². The lowest BCUT2D eigenvalue weighted by molar-refractivity contribution is 0.0878. The van der Waals surface area contributed by atoms with Crippen LogP contribution >= 0.6 is 0 Å². The summed E-state index contributed by atoms with van der Waals surface area (Å²) < 4.78 is 13.8. The van der Waals surface area contributed by atoms with Crippen LogP contribution in [0.1, 0.15) is 10.4 Å². The molecular weight excluding hydrogens is 267 g/mol. The van der Waals surface area contributed by atoms with E-state index in [4.69, 9.17) is 0 Å². The van der Waals surface area contributed by atoms with Crippen molar-refractivity contribution in [2.24, 2.45) is 0 Å². The van der Waals surface area contributed by atoms with E-state index in [1.54, 1.807) is 18.2 Å². The molecule has 3 rings (SSSR count). The van der Waals surface area contributed by atoms with Gasteiger partial charge in [-0.2, -0.15) is 0 Å². The Balaban J connectivity index is 1.83. The van der Waals surface area contributed by atoms with Gasteiger partial charge in [0, 0.05) is 37.1 Å². The fourth-order valence-electron chi connectivity index (χ4n) is 2.80. The number of Topliss-reactive ketones (excluding diaryl/α,β-unsaturated/α-hetero) is 1. The lowest BCUT2D eigenvalue weighted by Gasteiger charge is -2.31. The average Bonchev–Trinajstić information content (AvgIpc) is 2.50. The Morgan fingerprint density at radius 2 is 1.71 bits per heavy atom. The van der Waals surface area contributed by atoms with Crippen molar-refractivity contribution in [1.82, 2.24) is 9.80 Å². The van der Waals surface area contributed by atoms with Crippen LogP contribution in [0.25, 0.3) is 10.8 Å². The van der Waals surface area contributed by atoms with Crippen LogP contribution in [0.15, 0.2) is 36.4 Å². The molecule has 4 heteroatoms. The maximum atomic E-state index is 13.8. The van der Waals surface area contributed by atoms with E-state index in [1.165, 1.54) is 6.07 Å². The van der Waals surface area contributed by atoms with Gasteiger partial charge >= 0.3 is 0 Å². The van der Waals surface area contributed by atoms with Gasteiger partial charge in [0.2, 0.25) is 0 Å². The number of carbonyl (C=O) groups is 1. The summed E-state index contributed by atoms with van der Waals surface area (Å²) in [6.07, 6.45) is 0. The summed E-state index contributed by atoms with van der Waals surface area (Å²) in [5, 5.41) is 1.22. The molecule has 1 aliphatic rings. The second-order valence-electron chi connectivity index (χ2n) is 5.64.